The summed E-state index contributed by atoms with van der Waals surface area (Å²) < 4.78 is 54.7. The summed E-state index contributed by atoms with van der Waals surface area (Å²) in [4.78, 5) is 14.4. The van der Waals surface area contributed by atoms with Crippen LogP contribution in [0.1, 0.15) is 6.42 Å². The number of methoxy groups -OCH3 is 1. The molecule has 2 fully saturated rings. The minimum absolute atomic E-state index is 0.0192. The lowest BCUT2D eigenvalue weighted by Gasteiger charge is -2.43. The fourth-order valence-corrected chi connectivity index (χ4v) is 5.43. The monoisotopic (exact) mass is 524 g/mol. The predicted molar refractivity (Wildman–Crippen MR) is 139 cm³/mol. The van der Waals surface area contributed by atoms with Crippen LogP contribution in [0.2, 0.25) is 0 Å². The number of rotatable bonds is 5. The molecule has 2 aliphatic rings. The molecule has 0 radical (unpaired) electrons. The molecule has 0 saturated carbocycles. The zero-order valence-electron chi connectivity index (χ0n) is 20.9. The summed E-state index contributed by atoms with van der Waals surface area (Å²) in [7, 11) is 3.21. The summed E-state index contributed by atoms with van der Waals surface area (Å²) in [6.07, 6.45) is 2.45. The number of nitrogens with one attached hydrogen (secondary N) is 3. The molecule has 2 aromatic heterocycles. The van der Waals surface area contributed by atoms with Crippen molar-refractivity contribution in [1.82, 2.24) is 20.3 Å². The van der Waals surface area contributed by atoms with Crippen molar-refractivity contribution in [2.75, 3.05) is 50.6 Å². The van der Waals surface area contributed by atoms with Gasteiger partial charge in [-0.3, -0.25) is 0 Å². The number of aromatic nitrogens is 3. The highest BCUT2D eigenvalue weighted by atomic mass is 19.1. The number of benzene rings is 2. The normalized spacial score (nSPS) is 19.4. The Balaban J connectivity index is 1.59. The number of halogens is 3. The smallest absolute Gasteiger partial charge is 0.153 e. The van der Waals surface area contributed by atoms with Gasteiger partial charge >= 0.3 is 0 Å². The first-order valence-electron chi connectivity index (χ1n) is 12.5. The average Bonchev–Trinajstić information content (AvgIpc) is 3.35. The third-order valence-electron chi connectivity index (χ3n) is 7.16. The molecular weight excluding hydrogens is 497 g/mol. The Morgan fingerprint density at radius 3 is 2.79 bits per heavy atom. The van der Waals surface area contributed by atoms with E-state index in [0.717, 1.165) is 24.7 Å². The Bertz CT molecular complexity index is 1510. The zero-order valence-corrected chi connectivity index (χ0v) is 20.9. The number of ether oxygens (including phenoxy) is 2. The highest BCUT2D eigenvalue weighted by Crippen LogP contribution is 2.44. The predicted octanol–water partition coefficient (Wildman–Crippen LogP) is 4.33. The summed E-state index contributed by atoms with van der Waals surface area (Å²) in [5.74, 6) is -0.767. The second-order valence-corrected chi connectivity index (χ2v) is 9.45. The van der Waals surface area contributed by atoms with E-state index in [1.807, 2.05) is 0 Å². The SMILES string of the molecule is CNc1ncc(-c2cc(F)cc(OC)c2)c(N2CCC3NCCOC3C2)c1-c1nc2c(F)cc(F)cc2[nH]1. The average molecular weight is 525 g/mol. The number of hydrogen-bond acceptors (Lipinski definition) is 7. The molecule has 38 heavy (non-hydrogen) atoms. The molecule has 11 heteroatoms. The highest BCUT2D eigenvalue weighted by Gasteiger charge is 2.35. The number of aromatic amines is 1. The Morgan fingerprint density at radius 2 is 1.97 bits per heavy atom. The van der Waals surface area contributed by atoms with E-state index in [1.54, 1.807) is 19.3 Å². The fraction of sp³-hybridized carbons (Fsp3) is 0.333. The van der Waals surface area contributed by atoms with Gasteiger partial charge in [-0.2, -0.15) is 0 Å². The first-order chi connectivity index (χ1) is 18.4. The molecule has 198 valence electrons. The second kappa shape index (κ2) is 9.80. The van der Waals surface area contributed by atoms with Crippen LogP contribution in [0, 0.1) is 17.5 Å². The number of H-pyrrole nitrogens is 1. The van der Waals surface area contributed by atoms with Crippen molar-refractivity contribution in [3.05, 3.63) is 54.0 Å². The van der Waals surface area contributed by atoms with Crippen molar-refractivity contribution < 1.29 is 22.6 Å². The quantitative estimate of drug-likeness (QED) is 0.358. The Hall–Kier alpha value is -3.83. The van der Waals surface area contributed by atoms with Crippen LogP contribution in [0.5, 0.6) is 5.75 Å². The van der Waals surface area contributed by atoms with Gasteiger partial charge in [-0.1, -0.05) is 0 Å². The van der Waals surface area contributed by atoms with E-state index < -0.39 is 17.5 Å². The van der Waals surface area contributed by atoms with Crippen LogP contribution in [-0.4, -0.2) is 67.5 Å². The van der Waals surface area contributed by atoms with E-state index in [2.05, 4.69) is 30.5 Å². The summed E-state index contributed by atoms with van der Waals surface area (Å²) >= 11 is 0. The van der Waals surface area contributed by atoms with Crippen LogP contribution in [-0.2, 0) is 4.74 Å². The molecule has 0 bridgehead atoms. The van der Waals surface area contributed by atoms with E-state index >= 15 is 0 Å². The number of hydrogen-bond donors (Lipinski definition) is 3. The van der Waals surface area contributed by atoms with Crippen LogP contribution >= 0.6 is 0 Å². The van der Waals surface area contributed by atoms with Gasteiger partial charge in [0.2, 0.25) is 0 Å². The van der Waals surface area contributed by atoms with Crippen LogP contribution in [0.3, 0.4) is 0 Å². The number of anilines is 2. The molecule has 0 amide bonds. The molecule has 4 aromatic rings. The standard InChI is InChI=1S/C27H27F3N6O2/c1-31-26-23(27-34-21-11-16(29)10-19(30)24(21)35-27)25(36-5-3-20-22(13-36)38-6-4-32-20)18(12-33-26)14-7-15(28)9-17(8-14)37-2/h7-12,20,22,32H,3-6,13H2,1-2H3,(H,31,33)(H,34,35). The molecule has 8 nitrogen and oxygen atoms in total. The van der Waals surface area contributed by atoms with E-state index in [9.17, 15) is 13.2 Å². The largest absolute Gasteiger partial charge is 0.497 e. The molecule has 2 unspecified atom stereocenters. The van der Waals surface area contributed by atoms with Crippen molar-refractivity contribution in [2.45, 2.75) is 18.6 Å². The van der Waals surface area contributed by atoms with Crippen molar-refractivity contribution in [3.8, 4) is 28.3 Å². The summed E-state index contributed by atoms with van der Waals surface area (Å²) in [5, 5.41) is 6.63. The van der Waals surface area contributed by atoms with Gasteiger partial charge in [0.25, 0.3) is 0 Å². The van der Waals surface area contributed by atoms with Crippen LogP contribution in [0.15, 0.2) is 36.5 Å². The molecule has 0 aliphatic carbocycles. The third-order valence-corrected chi connectivity index (χ3v) is 7.16. The van der Waals surface area contributed by atoms with Gasteiger partial charge < -0.3 is 30.0 Å². The van der Waals surface area contributed by atoms with Gasteiger partial charge in [-0.15, -0.1) is 0 Å². The second-order valence-electron chi connectivity index (χ2n) is 9.45. The van der Waals surface area contributed by atoms with Crippen LogP contribution in [0.25, 0.3) is 33.5 Å². The summed E-state index contributed by atoms with van der Waals surface area (Å²) in [6.45, 7) is 2.67. The van der Waals surface area contributed by atoms with E-state index in [0.29, 0.717) is 53.8 Å². The Labute approximate surface area is 217 Å². The van der Waals surface area contributed by atoms with Crippen molar-refractivity contribution in [2.24, 2.45) is 0 Å². The van der Waals surface area contributed by atoms with Gasteiger partial charge in [0, 0.05) is 56.6 Å². The van der Waals surface area contributed by atoms with E-state index in [4.69, 9.17) is 9.47 Å². The molecule has 3 N–H and O–H groups in total. The van der Waals surface area contributed by atoms with Gasteiger partial charge in [-0.05, 0) is 30.2 Å². The number of piperidine rings is 1. The number of nitrogens with zero attached hydrogens (tertiary/aromatic N) is 3. The lowest BCUT2D eigenvalue weighted by molar-refractivity contribution is -0.00899. The first kappa shape index (κ1) is 24.5. The molecule has 0 spiro atoms. The Kier molecular flexibility index (Phi) is 6.32. The van der Waals surface area contributed by atoms with Gasteiger partial charge in [0.05, 0.1) is 36.6 Å². The van der Waals surface area contributed by atoms with Gasteiger partial charge in [0.1, 0.15) is 34.5 Å². The first-order valence-corrected chi connectivity index (χ1v) is 12.5. The number of fused-ring (bicyclic) bond motifs is 2. The van der Waals surface area contributed by atoms with Crippen molar-refractivity contribution in [3.63, 3.8) is 0 Å². The molecule has 2 aliphatic heterocycles. The molecule has 2 aromatic carbocycles. The maximum absolute atomic E-state index is 14.6. The fourth-order valence-electron chi connectivity index (χ4n) is 5.43. The highest BCUT2D eigenvalue weighted by molar-refractivity contribution is 5.96. The minimum Gasteiger partial charge on any atom is -0.497 e. The maximum Gasteiger partial charge on any atom is 0.153 e. The number of morpholine rings is 1. The Morgan fingerprint density at radius 1 is 1.13 bits per heavy atom. The maximum atomic E-state index is 14.6. The minimum atomic E-state index is -0.767. The molecular formula is C27H27F3N6O2. The van der Waals surface area contributed by atoms with E-state index in [1.165, 1.54) is 25.3 Å². The zero-order chi connectivity index (χ0) is 26.4. The van der Waals surface area contributed by atoms with E-state index in [-0.39, 0.29) is 23.2 Å². The number of pyridine rings is 1. The van der Waals surface area contributed by atoms with Crippen LogP contribution < -0.4 is 20.3 Å². The third kappa shape index (κ3) is 4.31. The lowest BCUT2D eigenvalue weighted by atomic mass is 9.95. The topological polar surface area (TPSA) is 87.3 Å². The number of imidazole rings is 1. The van der Waals surface area contributed by atoms with Crippen molar-refractivity contribution in [1.29, 1.82) is 0 Å². The molecule has 6 rings (SSSR count). The summed E-state index contributed by atoms with van der Waals surface area (Å²) in [5.41, 5.74) is 2.74. The molecule has 2 atom stereocenters. The van der Waals surface area contributed by atoms with Crippen molar-refractivity contribution >= 4 is 22.5 Å². The van der Waals surface area contributed by atoms with Gasteiger partial charge in [-0.25, -0.2) is 23.1 Å². The molecule has 4 heterocycles. The van der Waals surface area contributed by atoms with Gasteiger partial charge in [0.15, 0.2) is 5.82 Å². The molecule has 2 saturated heterocycles. The summed E-state index contributed by atoms with van der Waals surface area (Å²) in [6, 6.07) is 6.71. The van der Waals surface area contributed by atoms with Crippen LogP contribution in [0.4, 0.5) is 24.7 Å². The lowest BCUT2D eigenvalue weighted by Crippen LogP contribution is -2.58.